The molecule has 1 saturated heterocycles. The minimum Gasteiger partial charge on any atom is -0.349 e. The van der Waals surface area contributed by atoms with E-state index in [1.165, 1.54) is 16.7 Å². The molecule has 1 fully saturated rings. The summed E-state index contributed by atoms with van der Waals surface area (Å²) in [7, 11) is 0. The SMILES string of the molecule is Cc1ccc([C@H](C)NC(=O)[C@@H]2CCCN(Cc3ccccc3Cl)C2)c(C)c1. The second-order valence-corrected chi connectivity index (χ2v) is 8.16. The zero-order chi connectivity index (χ0) is 19.4. The van der Waals surface area contributed by atoms with Crippen LogP contribution in [-0.2, 0) is 11.3 Å². The Bertz CT molecular complexity index is 805. The van der Waals surface area contributed by atoms with Crippen molar-refractivity contribution < 1.29 is 4.79 Å². The number of hydrogen-bond acceptors (Lipinski definition) is 2. The van der Waals surface area contributed by atoms with Crippen LogP contribution in [0.25, 0.3) is 0 Å². The predicted octanol–water partition coefficient (Wildman–Crippen LogP) is 5.05. The number of aryl methyl sites for hydroxylation is 2. The number of nitrogens with zero attached hydrogens (tertiary/aromatic N) is 1. The van der Waals surface area contributed by atoms with Gasteiger partial charge in [-0.15, -0.1) is 0 Å². The summed E-state index contributed by atoms with van der Waals surface area (Å²) in [4.78, 5) is 15.2. The summed E-state index contributed by atoms with van der Waals surface area (Å²) in [5, 5.41) is 4.03. The van der Waals surface area contributed by atoms with Crippen molar-refractivity contribution in [3.8, 4) is 0 Å². The average molecular weight is 385 g/mol. The number of piperidine rings is 1. The molecule has 1 aliphatic heterocycles. The maximum absolute atomic E-state index is 12.9. The first kappa shape index (κ1) is 19.9. The molecule has 0 aliphatic carbocycles. The van der Waals surface area contributed by atoms with Gasteiger partial charge in [-0.05, 0) is 62.9 Å². The molecule has 2 aromatic rings. The van der Waals surface area contributed by atoms with E-state index in [0.717, 1.165) is 43.1 Å². The van der Waals surface area contributed by atoms with Crippen molar-refractivity contribution >= 4 is 17.5 Å². The van der Waals surface area contributed by atoms with Gasteiger partial charge in [-0.25, -0.2) is 0 Å². The lowest BCUT2D eigenvalue weighted by Crippen LogP contribution is -2.43. The van der Waals surface area contributed by atoms with Crippen LogP contribution in [0.5, 0.6) is 0 Å². The van der Waals surface area contributed by atoms with Crippen molar-refractivity contribution in [1.82, 2.24) is 10.2 Å². The minimum atomic E-state index is 0.0250. The number of rotatable bonds is 5. The number of halogens is 1. The lowest BCUT2D eigenvalue weighted by atomic mass is 9.95. The first-order valence-corrected chi connectivity index (χ1v) is 10.1. The topological polar surface area (TPSA) is 32.3 Å². The van der Waals surface area contributed by atoms with E-state index in [0.29, 0.717) is 0 Å². The summed E-state index contributed by atoms with van der Waals surface area (Å²) >= 11 is 6.30. The number of likely N-dealkylation sites (tertiary alicyclic amines) is 1. The summed E-state index contributed by atoms with van der Waals surface area (Å²) in [6.45, 7) is 8.88. The molecular formula is C23H29ClN2O. The summed E-state index contributed by atoms with van der Waals surface area (Å²) in [5.41, 5.74) is 4.80. The van der Waals surface area contributed by atoms with Crippen molar-refractivity contribution in [2.45, 2.75) is 46.2 Å². The molecule has 1 N–H and O–H groups in total. The molecule has 3 nitrogen and oxygen atoms in total. The van der Waals surface area contributed by atoms with Crippen LogP contribution in [0.2, 0.25) is 5.02 Å². The molecule has 1 amide bonds. The van der Waals surface area contributed by atoms with Gasteiger partial charge in [0.15, 0.2) is 0 Å². The number of carbonyl (C=O) groups excluding carboxylic acids is 1. The highest BCUT2D eigenvalue weighted by Gasteiger charge is 2.27. The standard InChI is InChI=1S/C23H29ClN2O/c1-16-10-11-21(17(2)13-16)18(3)25-23(27)20-8-6-12-26(15-20)14-19-7-4-5-9-22(19)24/h4-5,7,9-11,13,18,20H,6,8,12,14-15H2,1-3H3,(H,25,27)/t18-,20+/m0/s1. The smallest absolute Gasteiger partial charge is 0.224 e. The Kier molecular flexibility index (Phi) is 6.56. The monoisotopic (exact) mass is 384 g/mol. The Morgan fingerprint density at radius 2 is 2.04 bits per heavy atom. The Hall–Kier alpha value is -1.84. The molecule has 4 heteroatoms. The fourth-order valence-corrected chi connectivity index (χ4v) is 4.20. The molecule has 0 radical (unpaired) electrons. The van der Waals surface area contributed by atoms with E-state index in [1.807, 2.05) is 18.2 Å². The molecule has 2 aromatic carbocycles. The van der Waals surface area contributed by atoms with Gasteiger partial charge in [0.2, 0.25) is 5.91 Å². The van der Waals surface area contributed by atoms with E-state index >= 15 is 0 Å². The van der Waals surface area contributed by atoms with Crippen molar-refractivity contribution in [2.75, 3.05) is 13.1 Å². The van der Waals surface area contributed by atoms with E-state index in [9.17, 15) is 4.79 Å². The van der Waals surface area contributed by atoms with Gasteiger partial charge in [-0.2, -0.15) is 0 Å². The highest BCUT2D eigenvalue weighted by molar-refractivity contribution is 6.31. The molecule has 27 heavy (non-hydrogen) atoms. The van der Waals surface area contributed by atoms with E-state index in [4.69, 9.17) is 11.6 Å². The Balaban J connectivity index is 1.60. The molecule has 144 valence electrons. The molecule has 1 aliphatic rings. The largest absolute Gasteiger partial charge is 0.349 e. The van der Waals surface area contributed by atoms with Gasteiger partial charge in [-0.3, -0.25) is 9.69 Å². The third-order valence-corrected chi connectivity index (χ3v) is 5.85. The fraction of sp³-hybridized carbons (Fsp3) is 0.435. The molecule has 3 rings (SSSR count). The van der Waals surface area contributed by atoms with Crippen molar-refractivity contribution in [2.24, 2.45) is 5.92 Å². The summed E-state index contributed by atoms with van der Waals surface area (Å²) < 4.78 is 0. The number of nitrogens with one attached hydrogen (secondary N) is 1. The van der Waals surface area contributed by atoms with Gasteiger partial charge in [-0.1, -0.05) is 53.6 Å². The summed E-state index contributed by atoms with van der Waals surface area (Å²) in [5.74, 6) is 0.195. The normalized spacial score (nSPS) is 18.9. The second kappa shape index (κ2) is 8.90. The van der Waals surface area contributed by atoms with Gasteiger partial charge < -0.3 is 5.32 Å². The van der Waals surface area contributed by atoms with Crippen LogP contribution in [-0.4, -0.2) is 23.9 Å². The molecule has 0 unspecified atom stereocenters. The minimum absolute atomic E-state index is 0.0250. The highest BCUT2D eigenvalue weighted by Crippen LogP contribution is 2.24. The van der Waals surface area contributed by atoms with Crippen molar-refractivity contribution in [1.29, 1.82) is 0 Å². The van der Waals surface area contributed by atoms with Crippen molar-refractivity contribution in [3.05, 3.63) is 69.7 Å². The third kappa shape index (κ3) is 5.12. The molecule has 0 aromatic heterocycles. The molecule has 0 spiro atoms. The zero-order valence-corrected chi connectivity index (χ0v) is 17.2. The van der Waals surface area contributed by atoms with Gasteiger partial charge in [0.25, 0.3) is 0 Å². The lowest BCUT2D eigenvalue weighted by molar-refractivity contribution is -0.127. The van der Waals surface area contributed by atoms with Gasteiger partial charge in [0, 0.05) is 18.1 Å². The van der Waals surface area contributed by atoms with E-state index < -0.39 is 0 Å². The van der Waals surface area contributed by atoms with Crippen LogP contribution in [0.4, 0.5) is 0 Å². The zero-order valence-electron chi connectivity index (χ0n) is 16.5. The number of carbonyl (C=O) groups is 1. The van der Waals surface area contributed by atoms with E-state index in [1.54, 1.807) is 0 Å². The maximum atomic E-state index is 12.9. The molecule has 0 saturated carbocycles. The molecule has 0 bridgehead atoms. The Labute approximate surface area is 167 Å². The van der Waals surface area contributed by atoms with Crippen LogP contribution < -0.4 is 5.32 Å². The third-order valence-electron chi connectivity index (χ3n) is 5.48. The van der Waals surface area contributed by atoms with Gasteiger partial charge in [0.05, 0.1) is 12.0 Å². The maximum Gasteiger partial charge on any atom is 0.224 e. The Morgan fingerprint density at radius 3 is 2.78 bits per heavy atom. The number of hydrogen-bond donors (Lipinski definition) is 1. The van der Waals surface area contributed by atoms with Crippen molar-refractivity contribution in [3.63, 3.8) is 0 Å². The summed E-state index contributed by atoms with van der Waals surface area (Å²) in [6.07, 6.45) is 1.99. The second-order valence-electron chi connectivity index (χ2n) is 7.76. The van der Waals surface area contributed by atoms with E-state index in [2.05, 4.69) is 55.3 Å². The highest BCUT2D eigenvalue weighted by atomic mass is 35.5. The molecular weight excluding hydrogens is 356 g/mol. The van der Waals surface area contributed by atoms with E-state index in [-0.39, 0.29) is 17.9 Å². The number of amides is 1. The number of benzene rings is 2. The van der Waals surface area contributed by atoms with Gasteiger partial charge in [0.1, 0.15) is 0 Å². The van der Waals surface area contributed by atoms with Crippen LogP contribution in [0, 0.1) is 19.8 Å². The summed E-state index contributed by atoms with van der Waals surface area (Å²) in [6, 6.07) is 14.4. The first-order chi connectivity index (χ1) is 12.9. The Morgan fingerprint density at radius 1 is 1.26 bits per heavy atom. The van der Waals surface area contributed by atoms with Crippen LogP contribution >= 0.6 is 11.6 Å². The average Bonchev–Trinajstić information content (AvgIpc) is 2.63. The quantitative estimate of drug-likeness (QED) is 0.782. The van der Waals surface area contributed by atoms with Crippen LogP contribution in [0.3, 0.4) is 0 Å². The first-order valence-electron chi connectivity index (χ1n) is 9.77. The molecule has 1 heterocycles. The predicted molar refractivity (Wildman–Crippen MR) is 112 cm³/mol. The van der Waals surface area contributed by atoms with Gasteiger partial charge >= 0.3 is 0 Å². The van der Waals surface area contributed by atoms with Crippen LogP contribution in [0.1, 0.15) is 48.1 Å². The lowest BCUT2D eigenvalue weighted by Gasteiger charge is -2.33. The molecule has 2 atom stereocenters. The van der Waals surface area contributed by atoms with Crippen LogP contribution in [0.15, 0.2) is 42.5 Å². The fourth-order valence-electron chi connectivity index (χ4n) is 4.00.